The van der Waals surface area contributed by atoms with E-state index < -0.39 is 11.6 Å². The molecule has 0 amide bonds. The Morgan fingerprint density at radius 1 is 1.21 bits per heavy atom. The van der Waals surface area contributed by atoms with E-state index in [0.29, 0.717) is 30.9 Å². The highest BCUT2D eigenvalue weighted by atomic mass is 19.1. The highest BCUT2D eigenvalue weighted by molar-refractivity contribution is 6.00. The third-order valence-electron chi connectivity index (χ3n) is 2.49. The quantitative estimate of drug-likeness (QED) is 0.647. The molecular weight excluding hydrogens is 188 g/mol. The average Bonchev–Trinajstić information content (AvgIpc) is 2.14. The molecule has 2 N–H and O–H groups in total. The van der Waals surface area contributed by atoms with Crippen LogP contribution >= 0.6 is 0 Å². The number of hydrogen-bond acceptors (Lipinski definition) is 2. The van der Waals surface area contributed by atoms with Crippen LogP contribution in [0.1, 0.15) is 28.8 Å². The first-order valence-electron chi connectivity index (χ1n) is 4.41. The van der Waals surface area contributed by atoms with Crippen LogP contribution in [0.2, 0.25) is 0 Å². The number of rotatable bonds is 0. The third kappa shape index (κ3) is 1.18. The maximum atomic E-state index is 13.2. The summed E-state index contributed by atoms with van der Waals surface area (Å²) in [6.45, 7) is 0. The van der Waals surface area contributed by atoms with E-state index in [1.807, 2.05) is 0 Å². The lowest BCUT2D eigenvalue weighted by Gasteiger charge is -2.17. The lowest BCUT2D eigenvalue weighted by molar-refractivity contribution is 0.0968. The van der Waals surface area contributed by atoms with E-state index in [9.17, 15) is 13.6 Å². The molecule has 0 radical (unpaired) electrons. The van der Waals surface area contributed by atoms with Gasteiger partial charge in [0.1, 0.15) is 11.6 Å². The summed E-state index contributed by atoms with van der Waals surface area (Å²) in [4.78, 5) is 11.4. The average molecular weight is 197 g/mol. The van der Waals surface area contributed by atoms with Crippen LogP contribution in [0.15, 0.2) is 6.07 Å². The van der Waals surface area contributed by atoms with Crippen molar-refractivity contribution in [1.82, 2.24) is 0 Å². The summed E-state index contributed by atoms with van der Waals surface area (Å²) < 4.78 is 26.3. The number of nitrogen functional groups attached to an aromatic ring is 1. The molecule has 0 spiro atoms. The highest BCUT2D eigenvalue weighted by Gasteiger charge is 2.25. The van der Waals surface area contributed by atoms with Gasteiger partial charge in [0, 0.05) is 12.5 Å². The van der Waals surface area contributed by atoms with Crippen LogP contribution in [0.3, 0.4) is 0 Å². The van der Waals surface area contributed by atoms with Crippen molar-refractivity contribution in [2.24, 2.45) is 0 Å². The maximum Gasteiger partial charge on any atom is 0.166 e. The molecule has 0 aromatic heterocycles. The van der Waals surface area contributed by atoms with Gasteiger partial charge in [-0.25, -0.2) is 8.78 Å². The van der Waals surface area contributed by atoms with Crippen LogP contribution in [-0.2, 0) is 6.42 Å². The van der Waals surface area contributed by atoms with Gasteiger partial charge in [0.15, 0.2) is 5.78 Å². The summed E-state index contributed by atoms with van der Waals surface area (Å²) in [6, 6.07) is 0.678. The van der Waals surface area contributed by atoms with Crippen LogP contribution < -0.4 is 5.73 Å². The summed E-state index contributed by atoms with van der Waals surface area (Å²) in [5.74, 6) is -1.86. The number of benzene rings is 1. The Balaban J connectivity index is 2.72. The lowest BCUT2D eigenvalue weighted by atomic mass is 9.89. The van der Waals surface area contributed by atoms with E-state index in [1.165, 1.54) is 0 Å². The molecular formula is C10H9F2NO. The minimum atomic E-state index is -0.795. The van der Waals surface area contributed by atoms with Gasteiger partial charge < -0.3 is 5.73 Å². The Kier molecular flexibility index (Phi) is 1.98. The van der Waals surface area contributed by atoms with Gasteiger partial charge in [-0.1, -0.05) is 0 Å². The van der Waals surface area contributed by atoms with E-state index >= 15 is 0 Å². The predicted octanol–water partition coefficient (Wildman–Crippen LogP) is 2.07. The Hall–Kier alpha value is -1.45. The number of ketones is 1. The Morgan fingerprint density at radius 3 is 2.64 bits per heavy atom. The smallest absolute Gasteiger partial charge is 0.166 e. The fourth-order valence-corrected chi connectivity index (χ4v) is 1.80. The number of nitrogens with two attached hydrogens (primary N) is 1. The number of hydrogen-bond donors (Lipinski definition) is 1. The second kappa shape index (κ2) is 3.04. The molecule has 1 aliphatic rings. The fraction of sp³-hybridized carbons (Fsp3) is 0.300. The number of halogens is 2. The second-order valence-corrected chi connectivity index (χ2v) is 3.38. The van der Waals surface area contributed by atoms with Gasteiger partial charge in [-0.3, -0.25) is 4.79 Å². The largest absolute Gasteiger partial charge is 0.396 e. The van der Waals surface area contributed by atoms with Crippen LogP contribution in [-0.4, -0.2) is 5.78 Å². The lowest BCUT2D eigenvalue weighted by Crippen LogP contribution is -2.16. The molecule has 0 unspecified atom stereocenters. The zero-order chi connectivity index (χ0) is 10.3. The first-order chi connectivity index (χ1) is 6.61. The molecule has 0 saturated carbocycles. The number of carbonyl (C=O) groups is 1. The van der Waals surface area contributed by atoms with E-state index in [1.54, 1.807) is 0 Å². The monoisotopic (exact) mass is 197 g/mol. The Labute approximate surface area is 79.7 Å². The molecule has 0 bridgehead atoms. The summed E-state index contributed by atoms with van der Waals surface area (Å²) in [5.41, 5.74) is 5.67. The van der Waals surface area contributed by atoms with Crippen molar-refractivity contribution in [1.29, 1.82) is 0 Å². The molecule has 2 nitrogen and oxygen atoms in total. The van der Waals surface area contributed by atoms with Crippen LogP contribution in [0, 0.1) is 11.6 Å². The Bertz CT molecular complexity index is 415. The molecule has 0 saturated heterocycles. The van der Waals surface area contributed by atoms with Crippen molar-refractivity contribution in [2.45, 2.75) is 19.3 Å². The van der Waals surface area contributed by atoms with Crippen LogP contribution in [0.5, 0.6) is 0 Å². The van der Waals surface area contributed by atoms with Gasteiger partial charge in [-0.2, -0.15) is 0 Å². The minimum absolute atomic E-state index is 0.0184. The second-order valence-electron chi connectivity index (χ2n) is 3.38. The van der Waals surface area contributed by atoms with Gasteiger partial charge in [-0.15, -0.1) is 0 Å². The summed E-state index contributed by atoms with van der Waals surface area (Å²) in [7, 11) is 0. The zero-order valence-electron chi connectivity index (χ0n) is 7.44. The van der Waals surface area contributed by atoms with Gasteiger partial charge >= 0.3 is 0 Å². The molecule has 14 heavy (non-hydrogen) atoms. The van der Waals surface area contributed by atoms with Gasteiger partial charge in [0.25, 0.3) is 0 Å². The van der Waals surface area contributed by atoms with Crippen molar-refractivity contribution >= 4 is 11.5 Å². The van der Waals surface area contributed by atoms with Crippen LogP contribution in [0.25, 0.3) is 0 Å². The van der Waals surface area contributed by atoms with Crippen molar-refractivity contribution < 1.29 is 13.6 Å². The Morgan fingerprint density at radius 2 is 1.93 bits per heavy atom. The first-order valence-corrected chi connectivity index (χ1v) is 4.41. The standard InChI is InChI=1S/C10H9F2NO/c11-6-4-7(12)10(13)5-2-1-3-8(14)9(5)6/h4H,1-3,13H2. The molecule has 0 aliphatic heterocycles. The topological polar surface area (TPSA) is 43.1 Å². The van der Waals surface area contributed by atoms with Crippen molar-refractivity contribution in [3.05, 3.63) is 28.8 Å². The maximum absolute atomic E-state index is 13.2. The van der Waals surface area contributed by atoms with Gasteiger partial charge in [0.05, 0.1) is 11.3 Å². The summed E-state index contributed by atoms with van der Waals surface area (Å²) in [5, 5.41) is 0. The molecule has 2 rings (SSSR count). The molecule has 1 aromatic rings. The summed E-state index contributed by atoms with van der Waals surface area (Å²) >= 11 is 0. The van der Waals surface area contributed by atoms with Gasteiger partial charge in [0.2, 0.25) is 0 Å². The molecule has 0 atom stereocenters. The highest BCUT2D eigenvalue weighted by Crippen LogP contribution is 2.30. The number of Topliss-reactive ketones (excluding diaryl/α,β-unsaturated/α-hetero) is 1. The number of fused-ring (bicyclic) bond motifs is 1. The molecule has 4 heteroatoms. The predicted molar refractivity (Wildman–Crippen MR) is 48.0 cm³/mol. The van der Waals surface area contributed by atoms with E-state index in [4.69, 9.17) is 5.73 Å². The third-order valence-corrected chi connectivity index (χ3v) is 2.49. The molecule has 1 aliphatic carbocycles. The van der Waals surface area contributed by atoms with E-state index in [-0.39, 0.29) is 17.0 Å². The van der Waals surface area contributed by atoms with Gasteiger partial charge in [-0.05, 0) is 18.4 Å². The normalized spacial score (nSPS) is 15.4. The molecule has 1 aromatic carbocycles. The molecule has 74 valence electrons. The summed E-state index contributed by atoms with van der Waals surface area (Å²) in [6.07, 6.45) is 1.40. The minimum Gasteiger partial charge on any atom is -0.396 e. The van der Waals surface area contributed by atoms with E-state index in [0.717, 1.165) is 0 Å². The van der Waals surface area contributed by atoms with E-state index in [2.05, 4.69) is 0 Å². The number of carbonyl (C=O) groups excluding carboxylic acids is 1. The van der Waals surface area contributed by atoms with Crippen molar-refractivity contribution in [3.63, 3.8) is 0 Å². The van der Waals surface area contributed by atoms with Crippen molar-refractivity contribution in [2.75, 3.05) is 5.73 Å². The van der Waals surface area contributed by atoms with Crippen LogP contribution in [0.4, 0.5) is 14.5 Å². The fourth-order valence-electron chi connectivity index (χ4n) is 1.80. The molecule has 0 fully saturated rings. The SMILES string of the molecule is Nc1c(F)cc(F)c2c1CCCC2=O. The zero-order valence-corrected chi connectivity index (χ0v) is 7.44. The van der Waals surface area contributed by atoms with Crippen molar-refractivity contribution in [3.8, 4) is 0 Å². The molecule has 0 heterocycles. The first kappa shape index (κ1) is 9.12. The number of anilines is 1.